The molecule has 0 bridgehead atoms. The maximum atomic E-state index is 2.72. The second-order valence-corrected chi connectivity index (χ2v) is 6.25. The van der Waals surface area contributed by atoms with E-state index in [0.29, 0.717) is 0 Å². The van der Waals surface area contributed by atoms with Crippen molar-refractivity contribution in [3.63, 3.8) is 0 Å². The number of piperidine rings is 1. The molecule has 2 atom stereocenters. The Morgan fingerprint density at radius 3 is 2.38 bits per heavy atom. The largest absolute Gasteiger partial charge is 0.301 e. The Bertz CT molecular complexity index is 203. The van der Waals surface area contributed by atoms with Crippen molar-refractivity contribution in [2.24, 2.45) is 17.8 Å². The molecule has 2 fully saturated rings. The first kappa shape index (κ1) is 12.4. The molecule has 0 spiro atoms. The zero-order valence-corrected chi connectivity index (χ0v) is 11.4. The van der Waals surface area contributed by atoms with Crippen LogP contribution in [0.15, 0.2) is 0 Å². The molecule has 0 N–H and O–H groups in total. The number of nitrogens with zero attached hydrogens (tertiary/aromatic N) is 1. The number of rotatable bonds is 3. The van der Waals surface area contributed by atoms with E-state index in [4.69, 9.17) is 0 Å². The van der Waals surface area contributed by atoms with E-state index in [-0.39, 0.29) is 0 Å². The normalized spacial score (nSPS) is 33.8. The highest BCUT2D eigenvalue weighted by Gasteiger charge is 2.35. The van der Waals surface area contributed by atoms with Gasteiger partial charge in [-0.05, 0) is 44.6 Å². The predicted octanol–water partition coefficient (Wildman–Crippen LogP) is 3.93. The van der Waals surface area contributed by atoms with E-state index in [1.807, 2.05) is 0 Å². The van der Waals surface area contributed by atoms with E-state index in [2.05, 4.69) is 25.7 Å². The minimum atomic E-state index is 0.752. The summed E-state index contributed by atoms with van der Waals surface area (Å²) in [6, 6.07) is 0.752. The molecule has 1 saturated heterocycles. The molecule has 94 valence electrons. The molecule has 1 heterocycles. The van der Waals surface area contributed by atoms with Gasteiger partial charge in [0.15, 0.2) is 0 Å². The van der Waals surface area contributed by atoms with Crippen molar-refractivity contribution in [3.05, 3.63) is 0 Å². The second kappa shape index (κ2) is 5.53. The molecule has 1 nitrogen and oxygen atoms in total. The van der Waals surface area contributed by atoms with E-state index < -0.39 is 0 Å². The average Bonchev–Trinajstić information content (AvgIpc) is 2.81. The van der Waals surface area contributed by atoms with Crippen LogP contribution in [0.4, 0.5) is 0 Å². The Morgan fingerprint density at radius 1 is 1.12 bits per heavy atom. The van der Waals surface area contributed by atoms with E-state index in [1.165, 1.54) is 51.6 Å². The first-order chi connectivity index (χ1) is 7.72. The van der Waals surface area contributed by atoms with Crippen LogP contribution in [-0.2, 0) is 0 Å². The Hall–Kier alpha value is -0.0400. The summed E-state index contributed by atoms with van der Waals surface area (Å²) in [7, 11) is 0. The average molecular weight is 223 g/mol. The Morgan fingerprint density at radius 2 is 1.81 bits per heavy atom. The van der Waals surface area contributed by atoms with Gasteiger partial charge in [-0.1, -0.05) is 39.0 Å². The molecular weight excluding hydrogens is 194 g/mol. The summed E-state index contributed by atoms with van der Waals surface area (Å²) in [5, 5.41) is 0. The van der Waals surface area contributed by atoms with Gasteiger partial charge in [0.05, 0.1) is 0 Å². The SMILES string of the molecule is CCC1CCN(C(C)C)CC1C1CCCC1. The highest BCUT2D eigenvalue weighted by Crippen LogP contribution is 2.40. The van der Waals surface area contributed by atoms with Crippen molar-refractivity contribution in [1.29, 1.82) is 0 Å². The quantitative estimate of drug-likeness (QED) is 0.700. The standard InChI is InChI=1S/C15H29N/c1-4-13-9-10-16(12(2)3)11-15(13)14-7-5-6-8-14/h12-15H,4-11H2,1-3H3. The lowest BCUT2D eigenvalue weighted by Gasteiger charge is -2.43. The number of likely N-dealkylation sites (tertiary alicyclic amines) is 1. The van der Waals surface area contributed by atoms with Crippen molar-refractivity contribution >= 4 is 0 Å². The van der Waals surface area contributed by atoms with Crippen LogP contribution in [0.3, 0.4) is 0 Å². The zero-order chi connectivity index (χ0) is 11.5. The number of hydrogen-bond acceptors (Lipinski definition) is 1. The van der Waals surface area contributed by atoms with E-state index in [0.717, 1.165) is 23.8 Å². The molecule has 1 aliphatic heterocycles. The van der Waals surface area contributed by atoms with Gasteiger partial charge in [-0.3, -0.25) is 0 Å². The van der Waals surface area contributed by atoms with Crippen LogP contribution in [0.25, 0.3) is 0 Å². The Balaban J connectivity index is 1.98. The highest BCUT2D eigenvalue weighted by molar-refractivity contribution is 4.87. The van der Waals surface area contributed by atoms with Gasteiger partial charge in [-0.15, -0.1) is 0 Å². The molecule has 0 aromatic rings. The van der Waals surface area contributed by atoms with E-state index in [1.54, 1.807) is 0 Å². The molecule has 2 aliphatic rings. The van der Waals surface area contributed by atoms with Gasteiger partial charge in [0.1, 0.15) is 0 Å². The van der Waals surface area contributed by atoms with Crippen molar-refractivity contribution in [3.8, 4) is 0 Å². The molecule has 0 radical (unpaired) electrons. The second-order valence-electron chi connectivity index (χ2n) is 6.25. The van der Waals surface area contributed by atoms with Crippen LogP contribution in [0.5, 0.6) is 0 Å². The van der Waals surface area contributed by atoms with Crippen LogP contribution in [0.1, 0.15) is 59.3 Å². The summed E-state index contributed by atoms with van der Waals surface area (Å²) in [6.45, 7) is 9.86. The van der Waals surface area contributed by atoms with Gasteiger partial charge in [-0.25, -0.2) is 0 Å². The summed E-state index contributed by atoms with van der Waals surface area (Å²) in [5.74, 6) is 3.10. The van der Waals surface area contributed by atoms with Crippen molar-refractivity contribution in [2.45, 2.75) is 65.3 Å². The van der Waals surface area contributed by atoms with Gasteiger partial charge in [0, 0.05) is 12.6 Å². The maximum absolute atomic E-state index is 2.72. The van der Waals surface area contributed by atoms with Gasteiger partial charge in [0.25, 0.3) is 0 Å². The molecule has 0 aromatic heterocycles. The van der Waals surface area contributed by atoms with Gasteiger partial charge in [0.2, 0.25) is 0 Å². The molecule has 2 unspecified atom stereocenters. The van der Waals surface area contributed by atoms with Crippen molar-refractivity contribution in [2.75, 3.05) is 13.1 Å². The lowest BCUT2D eigenvalue weighted by Crippen LogP contribution is -2.45. The van der Waals surface area contributed by atoms with E-state index >= 15 is 0 Å². The maximum Gasteiger partial charge on any atom is 0.00387 e. The van der Waals surface area contributed by atoms with Crippen LogP contribution in [0, 0.1) is 17.8 Å². The molecule has 1 heteroatoms. The molecule has 0 aromatic carbocycles. The van der Waals surface area contributed by atoms with Crippen molar-refractivity contribution < 1.29 is 0 Å². The summed E-state index contributed by atoms with van der Waals surface area (Å²) < 4.78 is 0. The monoisotopic (exact) mass is 223 g/mol. The van der Waals surface area contributed by atoms with Gasteiger partial charge >= 0.3 is 0 Å². The molecular formula is C15H29N. The summed E-state index contributed by atoms with van der Waals surface area (Å²) in [4.78, 5) is 2.72. The smallest absolute Gasteiger partial charge is 0.00387 e. The van der Waals surface area contributed by atoms with Gasteiger partial charge in [-0.2, -0.15) is 0 Å². The first-order valence-corrected chi connectivity index (χ1v) is 7.46. The third kappa shape index (κ3) is 2.61. The summed E-state index contributed by atoms with van der Waals surface area (Å²) in [6.07, 6.45) is 8.90. The topological polar surface area (TPSA) is 3.24 Å². The molecule has 0 amide bonds. The third-order valence-corrected chi connectivity index (χ3v) is 5.10. The van der Waals surface area contributed by atoms with Crippen LogP contribution in [0.2, 0.25) is 0 Å². The highest BCUT2D eigenvalue weighted by atomic mass is 15.2. The fourth-order valence-electron chi connectivity index (χ4n) is 3.95. The molecule has 1 saturated carbocycles. The van der Waals surface area contributed by atoms with Crippen LogP contribution in [-0.4, -0.2) is 24.0 Å². The summed E-state index contributed by atoms with van der Waals surface area (Å²) in [5.41, 5.74) is 0. The molecule has 1 aliphatic carbocycles. The molecule has 16 heavy (non-hydrogen) atoms. The number of hydrogen-bond donors (Lipinski definition) is 0. The van der Waals surface area contributed by atoms with Crippen LogP contribution >= 0.6 is 0 Å². The van der Waals surface area contributed by atoms with Crippen LogP contribution < -0.4 is 0 Å². The lowest BCUT2D eigenvalue weighted by atomic mass is 9.75. The first-order valence-electron chi connectivity index (χ1n) is 7.46. The van der Waals surface area contributed by atoms with E-state index in [9.17, 15) is 0 Å². The van der Waals surface area contributed by atoms with Gasteiger partial charge < -0.3 is 4.90 Å². The Kier molecular flexibility index (Phi) is 4.29. The van der Waals surface area contributed by atoms with Crippen molar-refractivity contribution in [1.82, 2.24) is 4.90 Å². The summed E-state index contributed by atoms with van der Waals surface area (Å²) >= 11 is 0. The zero-order valence-electron chi connectivity index (χ0n) is 11.4. The Labute approximate surface area is 102 Å². The fourth-order valence-corrected chi connectivity index (χ4v) is 3.95. The fraction of sp³-hybridized carbons (Fsp3) is 1.00. The molecule has 2 rings (SSSR count). The minimum Gasteiger partial charge on any atom is -0.301 e. The predicted molar refractivity (Wildman–Crippen MR) is 70.6 cm³/mol. The lowest BCUT2D eigenvalue weighted by molar-refractivity contribution is 0.0583. The minimum absolute atomic E-state index is 0.752. The third-order valence-electron chi connectivity index (χ3n) is 5.10.